The highest BCUT2D eigenvalue weighted by molar-refractivity contribution is 6.08. The van der Waals surface area contributed by atoms with Gasteiger partial charge in [0.15, 0.2) is 6.10 Å². The molecule has 1 fully saturated rings. The molecule has 1 N–H and O–H groups in total. The summed E-state index contributed by atoms with van der Waals surface area (Å²) in [5.41, 5.74) is 0.454. The van der Waals surface area contributed by atoms with Crippen molar-refractivity contribution in [3.05, 3.63) is 35.9 Å². The number of amidine groups is 1. The van der Waals surface area contributed by atoms with Crippen LogP contribution in [-0.2, 0) is 9.53 Å². The third-order valence-electron chi connectivity index (χ3n) is 2.56. The van der Waals surface area contributed by atoms with Crippen LogP contribution < -0.4 is 5.32 Å². The van der Waals surface area contributed by atoms with Crippen LogP contribution in [0.15, 0.2) is 35.3 Å². The molecule has 1 aromatic rings. The Kier molecular flexibility index (Phi) is 3.41. The van der Waals surface area contributed by atoms with Gasteiger partial charge in [0.25, 0.3) is 11.8 Å². The Labute approximate surface area is 105 Å². The van der Waals surface area contributed by atoms with Gasteiger partial charge in [0.1, 0.15) is 0 Å². The highest BCUT2D eigenvalue weighted by Gasteiger charge is 2.33. The monoisotopic (exact) mass is 246 g/mol. The van der Waals surface area contributed by atoms with Gasteiger partial charge in [0.2, 0.25) is 0 Å². The van der Waals surface area contributed by atoms with Crippen molar-refractivity contribution >= 4 is 17.8 Å². The predicted molar refractivity (Wildman–Crippen MR) is 66.1 cm³/mol. The van der Waals surface area contributed by atoms with E-state index in [1.165, 1.54) is 0 Å². The zero-order valence-electron chi connectivity index (χ0n) is 10.2. The van der Waals surface area contributed by atoms with Crippen molar-refractivity contribution in [2.75, 3.05) is 0 Å². The molecule has 0 aromatic heterocycles. The van der Waals surface area contributed by atoms with Crippen LogP contribution in [-0.4, -0.2) is 23.9 Å². The summed E-state index contributed by atoms with van der Waals surface area (Å²) in [4.78, 5) is 27.0. The molecular weight excluding hydrogens is 232 g/mol. The molecule has 1 unspecified atom stereocenters. The lowest BCUT2D eigenvalue weighted by atomic mass is 10.1. The van der Waals surface area contributed by atoms with Crippen LogP contribution in [0.1, 0.15) is 24.2 Å². The molecule has 5 nitrogen and oxygen atoms in total. The molecule has 1 heterocycles. The maximum absolute atomic E-state index is 11.8. The first-order valence-electron chi connectivity index (χ1n) is 5.73. The lowest BCUT2D eigenvalue weighted by Crippen LogP contribution is -2.28. The Morgan fingerprint density at radius 1 is 1.33 bits per heavy atom. The molecule has 18 heavy (non-hydrogen) atoms. The molecule has 0 bridgehead atoms. The van der Waals surface area contributed by atoms with Gasteiger partial charge in [-0.25, -0.2) is 0 Å². The van der Waals surface area contributed by atoms with Gasteiger partial charge in [0.05, 0.1) is 0 Å². The Bertz CT molecular complexity index is 494. The van der Waals surface area contributed by atoms with E-state index in [1.807, 2.05) is 19.9 Å². The number of hydrogen-bond acceptors (Lipinski definition) is 3. The van der Waals surface area contributed by atoms with Crippen LogP contribution in [0.4, 0.5) is 0 Å². The van der Waals surface area contributed by atoms with Crippen LogP contribution in [0.3, 0.4) is 0 Å². The summed E-state index contributed by atoms with van der Waals surface area (Å²) in [6.45, 7) is 3.73. The molecule has 2 rings (SSSR count). The van der Waals surface area contributed by atoms with Crippen LogP contribution in [0.5, 0.6) is 0 Å². The molecule has 5 heteroatoms. The SMILES string of the molecule is CC(C)C1OC(=NC(=O)c2ccccc2)NC1=O. The Hall–Kier alpha value is -2.17. The molecule has 1 aliphatic rings. The summed E-state index contributed by atoms with van der Waals surface area (Å²) in [7, 11) is 0. The van der Waals surface area contributed by atoms with E-state index in [-0.39, 0.29) is 17.8 Å². The topological polar surface area (TPSA) is 67.8 Å². The second-order valence-electron chi connectivity index (χ2n) is 4.36. The van der Waals surface area contributed by atoms with Gasteiger partial charge in [0, 0.05) is 5.56 Å². The van der Waals surface area contributed by atoms with Crippen LogP contribution in [0, 0.1) is 5.92 Å². The number of amides is 2. The standard InChI is InChI=1S/C13H14N2O3/c1-8(2)10-12(17)15-13(18-10)14-11(16)9-6-4-3-5-7-9/h3-8,10H,1-2H3,(H,14,15,16,17). The average molecular weight is 246 g/mol. The first-order chi connectivity index (χ1) is 8.58. The molecule has 0 radical (unpaired) electrons. The second-order valence-corrected chi connectivity index (χ2v) is 4.36. The molecule has 1 saturated heterocycles. The lowest BCUT2D eigenvalue weighted by molar-refractivity contribution is -0.124. The smallest absolute Gasteiger partial charge is 0.300 e. The molecule has 1 aliphatic heterocycles. The third kappa shape index (κ3) is 2.56. The molecule has 1 aromatic carbocycles. The van der Waals surface area contributed by atoms with Gasteiger partial charge in [-0.05, 0) is 18.1 Å². The van der Waals surface area contributed by atoms with E-state index < -0.39 is 12.0 Å². The summed E-state index contributed by atoms with van der Waals surface area (Å²) in [5.74, 6) is -0.663. The van der Waals surface area contributed by atoms with Crippen molar-refractivity contribution in [2.24, 2.45) is 10.9 Å². The van der Waals surface area contributed by atoms with Crippen molar-refractivity contribution in [1.29, 1.82) is 0 Å². The molecule has 94 valence electrons. The number of nitrogens with zero attached hydrogens (tertiary/aromatic N) is 1. The Morgan fingerprint density at radius 2 is 2.00 bits per heavy atom. The largest absolute Gasteiger partial charge is 0.451 e. The first kappa shape index (κ1) is 12.3. The van der Waals surface area contributed by atoms with Crippen LogP contribution in [0.2, 0.25) is 0 Å². The van der Waals surface area contributed by atoms with Crippen molar-refractivity contribution in [3.8, 4) is 0 Å². The molecule has 2 amide bonds. The Balaban J connectivity index is 2.12. The summed E-state index contributed by atoms with van der Waals surface area (Å²) in [6.07, 6.45) is -0.577. The second kappa shape index (κ2) is 5.00. The number of hydrogen-bond donors (Lipinski definition) is 1. The predicted octanol–water partition coefficient (Wildman–Crippen LogP) is 1.35. The molecule has 0 saturated carbocycles. The van der Waals surface area contributed by atoms with Gasteiger partial charge in [-0.3, -0.25) is 14.9 Å². The average Bonchev–Trinajstić information content (AvgIpc) is 2.71. The molecular formula is C13H14N2O3. The minimum Gasteiger partial charge on any atom is -0.451 e. The zero-order chi connectivity index (χ0) is 13.1. The number of carbonyl (C=O) groups is 2. The van der Waals surface area contributed by atoms with Gasteiger partial charge in [-0.1, -0.05) is 32.0 Å². The number of benzene rings is 1. The van der Waals surface area contributed by atoms with Crippen molar-refractivity contribution in [1.82, 2.24) is 5.32 Å². The van der Waals surface area contributed by atoms with E-state index in [9.17, 15) is 9.59 Å². The minimum atomic E-state index is -0.577. The van der Waals surface area contributed by atoms with E-state index in [1.54, 1.807) is 24.3 Å². The normalized spacial score (nSPS) is 20.9. The van der Waals surface area contributed by atoms with E-state index in [0.717, 1.165) is 0 Å². The minimum absolute atomic E-state index is 0.0208. The van der Waals surface area contributed by atoms with Gasteiger partial charge in [-0.2, -0.15) is 4.99 Å². The van der Waals surface area contributed by atoms with Gasteiger partial charge < -0.3 is 4.74 Å². The maximum Gasteiger partial charge on any atom is 0.300 e. The van der Waals surface area contributed by atoms with E-state index in [2.05, 4.69) is 10.3 Å². The number of rotatable bonds is 2. The number of ether oxygens (including phenoxy) is 1. The molecule has 1 atom stereocenters. The van der Waals surface area contributed by atoms with Crippen molar-refractivity contribution < 1.29 is 14.3 Å². The fraction of sp³-hybridized carbons (Fsp3) is 0.308. The lowest BCUT2D eigenvalue weighted by Gasteiger charge is -2.09. The molecule has 0 aliphatic carbocycles. The summed E-state index contributed by atoms with van der Waals surface area (Å²) >= 11 is 0. The van der Waals surface area contributed by atoms with Crippen LogP contribution >= 0.6 is 0 Å². The van der Waals surface area contributed by atoms with E-state index in [0.29, 0.717) is 5.56 Å². The highest BCUT2D eigenvalue weighted by Crippen LogP contribution is 2.12. The third-order valence-corrected chi connectivity index (χ3v) is 2.56. The van der Waals surface area contributed by atoms with E-state index in [4.69, 9.17) is 4.74 Å². The zero-order valence-corrected chi connectivity index (χ0v) is 10.2. The molecule has 0 spiro atoms. The summed E-state index contributed by atoms with van der Waals surface area (Å²) < 4.78 is 5.30. The quantitative estimate of drug-likeness (QED) is 0.856. The summed E-state index contributed by atoms with van der Waals surface area (Å²) in [6, 6.07) is 8.60. The first-order valence-corrected chi connectivity index (χ1v) is 5.73. The number of aliphatic imine (C=N–C) groups is 1. The highest BCUT2D eigenvalue weighted by atomic mass is 16.5. The van der Waals surface area contributed by atoms with E-state index >= 15 is 0 Å². The number of nitrogens with one attached hydrogen (secondary N) is 1. The number of carbonyl (C=O) groups excluding carboxylic acids is 2. The van der Waals surface area contributed by atoms with Crippen molar-refractivity contribution in [2.45, 2.75) is 20.0 Å². The van der Waals surface area contributed by atoms with Gasteiger partial charge >= 0.3 is 6.02 Å². The fourth-order valence-corrected chi connectivity index (χ4v) is 1.61. The Morgan fingerprint density at radius 3 is 2.56 bits per heavy atom. The maximum atomic E-state index is 11.8. The fourth-order valence-electron chi connectivity index (χ4n) is 1.61. The van der Waals surface area contributed by atoms with Crippen molar-refractivity contribution in [3.63, 3.8) is 0 Å². The van der Waals surface area contributed by atoms with Crippen LogP contribution in [0.25, 0.3) is 0 Å². The summed E-state index contributed by atoms with van der Waals surface area (Å²) in [5, 5.41) is 2.45. The van der Waals surface area contributed by atoms with Gasteiger partial charge in [-0.15, -0.1) is 0 Å².